The molecule has 2 aromatic rings. The van der Waals surface area contributed by atoms with Gasteiger partial charge in [-0.1, -0.05) is 53.9 Å². The zero-order valence-electron chi connectivity index (χ0n) is 20.9. The summed E-state index contributed by atoms with van der Waals surface area (Å²) in [7, 11) is -2.58. The fourth-order valence-corrected chi connectivity index (χ4v) is 5.12. The minimum atomic E-state index is -3.92. The molecule has 0 fully saturated rings. The predicted molar refractivity (Wildman–Crippen MR) is 140 cm³/mol. The lowest BCUT2D eigenvalue weighted by Gasteiger charge is -2.34. The second-order valence-electron chi connectivity index (χ2n) is 9.46. The molecule has 2 rings (SSSR count). The van der Waals surface area contributed by atoms with Crippen LogP contribution in [0.1, 0.15) is 45.2 Å². The molecule has 0 aromatic heterocycles. The summed E-state index contributed by atoms with van der Waals surface area (Å²) in [6.45, 7) is 8.66. The van der Waals surface area contributed by atoms with Crippen LogP contribution in [-0.4, -0.2) is 54.6 Å². The minimum absolute atomic E-state index is 0.0498. The van der Waals surface area contributed by atoms with Gasteiger partial charge in [0.2, 0.25) is 21.8 Å². The monoisotopic (exact) mass is 541 g/mol. The number of hydrogen-bond donors (Lipinski definition) is 1. The predicted octanol–water partition coefficient (Wildman–Crippen LogP) is 4.64. The maximum absolute atomic E-state index is 13.5. The number of sulfonamides is 1. The summed E-state index contributed by atoms with van der Waals surface area (Å²) in [5.41, 5.74) is 0.878. The highest BCUT2D eigenvalue weighted by Crippen LogP contribution is 2.27. The largest absolute Gasteiger partial charge is 0.350 e. The maximum Gasteiger partial charge on any atom is 0.243 e. The molecule has 0 unspecified atom stereocenters. The number of halogens is 2. The first-order valence-corrected chi connectivity index (χ1v) is 13.4. The number of likely N-dealkylation sites (N-methyl/N-ethyl adjacent to an activating group) is 1. The highest BCUT2D eigenvalue weighted by Gasteiger charge is 2.33. The van der Waals surface area contributed by atoms with Gasteiger partial charge in [-0.15, -0.1) is 0 Å². The number of hydrogen-bond acceptors (Lipinski definition) is 4. The first-order chi connectivity index (χ1) is 16.2. The van der Waals surface area contributed by atoms with Crippen LogP contribution < -0.4 is 5.32 Å². The lowest BCUT2D eigenvalue weighted by Crippen LogP contribution is -2.55. The molecule has 0 aliphatic heterocycles. The van der Waals surface area contributed by atoms with Crippen LogP contribution in [0.5, 0.6) is 0 Å². The lowest BCUT2D eigenvalue weighted by atomic mass is 10.1. The van der Waals surface area contributed by atoms with Crippen LogP contribution in [0, 0.1) is 6.92 Å². The van der Waals surface area contributed by atoms with Crippen molar-refractivity contribution in [3.63, 3.8) is 0 Å². The third-order valence-corrected chi connectivity index (χ3v) is 7.89. The van der Waals surface area contributed by atoms with E-state index in [2.05, 4.69) is 5.32 Å². The van der Waals surface area contributed by atoms with E-state index in [4.69, 9.17) is 23.2 Å². The average Bonchev–Trinajstić information content (AvgIpc) is 2.74. The molecule has 0 heterocycles. The molecule has 0 aliphatic rings. The number of nitrogens with zero attached hydrogens (tertiary/aromatic N) is 2. The van der Waals surface area contributed by atoms with E-state index in [0.29, 0.717) is 22.0 Å². The zero-order chi connectivity index (χ0) is 26.6. The van der Waals surface area contributed by atoms with Crippen LogP contribution in [0.3, 0.4) is 0 Å². The first-order valence-electron chi connectivity index (χ1n) is 11.2. The number of aryl methyl sites for hydroxylation is 1. The Morgan fingerprint density at radius 3 is 2.06 bits per heavy atom. The van der Waals surface area contributed by atoms with E-state index in [1.165, 1.54) is 24.1 Å². The molecule has 0 bridgehead atoms. The van der Waals surface area contributed by atoms with Crippen LogP contribution in [0.4, 0.5) is 0 Å². The molecule has 0 radical (unpaired) electrons. The van der Waals surface area contributed by atoms with Crippen molar-refractivity contribution >= 4 is 45.0 Å². The third kappa shape index (κ3) is 7.67. The second-order valence-corrected chi connectivity index (χ2v) is 12.3. The summed E-state index contributed by atoms with van der Waals surface area (Å²) in [6.07, 6.45) is 0.310. The topological polar surface area (TPSA) is 86.8 Å². The van der Waals surface area contributed by atoms with Gasteiger partial charge in [0.15, 0.2) is 0 Å². The normalized spacial score (nSPS) is 12.9. The molecule has 192 valence electrons. The molecule has 0 aliphatic carbocycles. The van der Waals surface area contributed by atoms with Gasteiger partial charge in [0.25, 0.3) is 0 Å². The van der Waals surface area contributed by atoms with Gasteiger partial charge in [-0.05, 0) is 58.4 Å². The van der Waals surface area contributed by atoms with Gasteiger partial charge in [-0.25, -0.2) is 8.42 Å². The summed E-state index contributed by atoms with van der Waals surface area (Å²) >= 11 is 12.7. The fraction of sp³-hybridized carbons (Fsp3) is 0.440. The Bertz CT molecular complexity index is 1140. The van der Waals surface area contributed by atoms with E-state index in [0.717, 1.165) is 9.87 Å². The minimum Gasteiger partial charge on any atom is -0.350 e. The molecule has 7 nitrogen and oxygen atoms in total. The van der Waals surface area contributed by atoms with Crippen LogP contribution in [0.15, 0.2) is 47.4 Å². The molecule has 0 saturated carbocycles. The van der Waals surface area contributed by atoms with Crippen molar-refractivity contribution in [1.29, 1.82) is 0 Å². The van der Waals surface area contributed by atoms with E-state index < -0.39 is 34.1 Å². The number of benzene rings is 2. The summed E-state index contributed by atoms with van der Waals surface area (Å²) in [5.74, 6) is -0.893. The molecule has 0 spiro atoms. The fourth-order valence-electron chi connectivity index (χ4n) is 3.48. The van der Waals surface area contributed by atoms with E-state index in [1.807, 2.05) is 27.7 Å². The molecule has 10 heteroatoms. The molecule has 1 atom stereocenters. The number of carbonyl (C=O) groups is 2. The third-order valence-electron chi connectivity index (χ3n) is 5.36. The molecule has 0 saturated heterocycles. The van der Waals surface area contributed by atoms with Gasteiger partial charge < -0.3 is 10.2 Å². The van der Waals surface area contributed by atoms with Crippen molar-refractivity contribution in [1.82, 2.24) is 14.5 Å². The Morgan fingerprint density at radius 1 is 1.03 bits per heavy atom. The van der Waals surface area contributed by atoms with E-state index in [-0.39, 0.29) is 17.3 Å². The Labute approximate surface area is 218 Å². The summed E-state index contributed by atoms with van der Waals surface area (Å²) in [4.78, 5) is 28.1. The van der Waals surface area contributed by atoms with Gasteiger partial charge >= 0.3 is 0 Å². The first kappa shape index (κ1) is 29.1. The maximum atomic E-state index is 13.5. The average molecular weight is 543 g/mol. The molecule has 1 N–H and O–H groups in total. The van der Waals surface area contributed by atoms with Crippen molar-refractivity contribution in [3.05, 3.63) is 63.6 Å². The van der Waals surface area contributed by atoms with Crippen LogP contribution in [-0.2, 0) is 26.2 Å². The Kier molecular flexibility index (Phi) is 9.76. The van der Waals surface area contributed by atoms with Crippen molar-refractivity contribution in [2.45, 2.75) is 64.1 Å². The Balaban J connectivity index is 2.41. The molecule has 2 aromatic carbocycles. The lowest BCUT2D eigenvalue weighted by molar-refractivity contribution is -0.142. The van der Waals surface area contributed by atoms with E-state index in [1.54, 1.807) is 37.3 Å². The SMILES string of the molecule is CC[C@@H](C(=O)NC(C)(C)C)N(Cc1c(Cl)cccc1Cl)C(=O)CN(C)S(=O)(=O)c1ccc(C)cc1. The standard InChI is InChI=1S/C25H33Cl2N3O4S/c1-7-22(24(32)28-25(3,4)5)30(15-19-20(26)9-8-10-21(19)27)23(31)16-29(6)35(33,34)18-13-11-17(2)12-14-18/h8-14,22H,7,15-16H2,1-6H3,(H,28,32)/t22-/m0/s1. The number of amides is 2. The van der Waals surface area contributed by atoms with Gasteiger partial charge in [-0.2, -0.15) is 4.31 Å². The molecule has 2 amide bonds. The quantitative estimate of drug-likeness (QED) is 0.500. The zero-order valence-corrected chi connectivity index (χ0v) is 23.3. The second kappa shape index (κ2) is 11.7. The number of carbonyl (C=O) groups excluding carboxylic acids is 2. The van der Waals surface area contributed by atoms with Gasteiger partial charge in [0, 0.05) is 34.7 Å². The van der Waals surface area contributed by atoms with Crippen LogP contribution >= 0.6 is 23.2 Å². The van der Waals surface area contributed by atoms with Crippen LogP contribution in [0.25, 0.3) is 0 Å². The summed E-state index contributed by atoms with van der Waals surface area (Å²) < 4.78 is 27.1. The number of rotatable bonds is 9. The van der Waals surface area contributed by atoms with Gasteiger partial charge in [0.1, 0.15) is 6.04 Å². The molecular formula is C25H33Cl2N3O4S. The van der Waals surface area contributed by atoms with E-state index in [9.17, 15) is 18.0 Å². The van der Waals surface area contributed by atoms with Crippen molar-refractivity contribution in [2.24, 2.45) is 0 Å². The Hall–Kier alpha value is -2.13. The molecular weight excluding hydrogens is 509 g/mol. The smallest absolute Gasteiger partial charge is 0.243 e. The summed E-state index contributed by atoms with van der Waals surface area (Å²) in [6, 6.07) is 10.5. The Morgan fingerprint density at radius 2 is 1.57 bits per heavy atom. The number of nitrogens with one attached hydrogen (secondary N) is 1. The van der Waals surface area contributed by atoms with Crippen molar-refractivity contribution in [3.8, 4) is 0 Å². The highest BCUT2D eigenvalue weighted by atomic mass is 35.5. The van der Waals surface area contributed by atoms with E-state index >= 15 is 0 Å². The van der Waals surface area contributed by atoms with Crippen molar-refractivity contribution < 1.29 is 18.0 Å². The van der Waals surface area contributed by atoms with Gasteiger partial charge in [0.05, 0.1) is 11.4 Å². The highest BCUT2D eigenvalue weighted by molar-refractivity contribution is 7.89. The van der Waals surface area contributed by atoms with Crippen LogP contribution in [0.2, 0.25) is 10.0 Å². The molecule has 35 heavy (non-hydrogen) atoms. The van der Waals surface area contributed by atoms with Gasteiger partial charge in [-0.3, -0.25) is 9.59 Å². The van der Waals surface area contributed by atoms with Crippen molar-refractivity contribution in [2.75, 3.05) is 13.6 Å². The summed E-state index contributed by atoms with van der Waals surface area (Å²) in [5, 5.41) is 3.60.